The fourth-order valence-electron chi connectivity index (χ4n) is 4.07. The number of aromatic nitrogens is 2. The molecule has 0 bridgehead atoms. The number of carbonyl (C=O) groups is 1. The van der Waals surface area contributed by atoms with Gasteiger partial charge in [-0.1, -0.05) is 71.4 Å². The number of rotatable bonds is 7. The van der Waals surface area contributed by atoms with Crippen molar-refractivity contribution in [3.8, 4) is 17.0 Å². The molecule has 0 saturated carbocycles. The molecule has 1 amide bonds. The summed E-state index contributed by atoms with van der Waals surface area (Å²) in [5.41, 5.74) is 3.95. The molecular formula is C27H23ClN4O4S2. The van der Waals surface area contributed by atoms with Crippen LogP contribution >= 0.6 is 23.4 Å². The summed E-state index contributed by atoms with van der Waals surface area (Å²) >= 11 is 7.14. The normalized spacial score (nSPS) is 13.4. The second-order valence-corrected chi connectivity index (χ2v) is 11.8. The fraction of sp³-hybridized carbons (Fsp3) is 0.148. The van der Waals surface area contributed by atoms with E-state index in [1.807, 2.05) is 43.3 Å². The molecule has 0 aliphatic carbocycles. The number of fused-ring (bicyclic) bond motifs is 3. The Hall–Kier alpha value is -3.60. The number of benzene rings is 3. The maximum Gasteiger partial charge on any atom is 0.268 e. The van der Waals surface area contributed by atoms with E-state index in [4.69, 9.17) is 16.3 Å². The van der Waals surface area contributed by atoms with Gasteiger partial charge in [-0.05, 0) is 36.8 Å². The van der Waals surface area contributed by atoms with Crippen molar-refractivity contribution in [2.45, 2.75) is 23.5 Å². The third-order valence-corrected chi connectivity index (χ3v) is 8.80. The van der Waals surface area contributed by atoms with Crippen molar-refractivity contribution in [1.82, 2.24) is 9.97 Å². The first-order valence-corrected chi connectivity index (χ1v) is 14.4. The molecule has 2 heterocycles. The Bertz CT molecular complexity index is 1630. The molecule has 0 atom stereocenters. The molecule has 1 aliphatic rings. The van der Waals surface area contributed by atoms with Crippen molar-refractivity contribution < 1.29 is 17.9 Å². The quantitative estimate of drug-likeness (QED) is 0.231. The summed E-state index contributed by atoms with van der Waals surface area (Å²) in [6.07, 6.45) is 1.32. The second-order valence-electron chi connectivity index (χ2n) is 8.56. The highest BCUT2D eigenvalue weighted by atomic mass is 35.5. The summed E-state index contributed by atoms with van der Waals surface area (Å²) in [5, 5.41) is 3.52. The lowest BCUT2D eigenvalue weighted by molar-refractivity contribution is -0.113. The number of para-hydroxylation sites is 1. The Kier molecular flexibility index (Phi) is 7.29. The highest BCUT2D eigenvalue weighted by Gasteiger charge is 2.36. The van der Waals surface area contributed by atoms with Gasteiger partial charge in [-0.15, -0.1) is 0 Å². The minimum Gasteiger partial charge on any atom is -0.495 e. The maximum atomic E-state index is 13.7. The number of amides is 1. The molecule has 3 aromatic carbocycles. The molecule has 0 unspecified atom stereocenters. The third kappa shape index (κ3) is 5.20. The molecule has 0 spiro atoms. The van der Waals surface area contributed by atoms with Gasteiger partial charge in [0.05, 0.1) is 42.7 Å². The van der Waals surface area contributed by atoms with E-state index in [0.29, 0.717) is 33.4 Å². The van der Waals surface area contributed by atoms with Crippen LogP contribution in [0.3, 0.4) is 0 Å². The van der Waals surface area contributed by atoms with E-state index in [2.05, 4.69) is 15.3 Å². The Labute approximate surface area is 230 Å². The lowest BCUT2D eigenvalue weighted by atomic mass is 10.1. The Morgan fingerprint density at radius 3 is 2.63 bits per heavy atom. The van der Waals surface area contributed by atoms with Crippen molar-refractivity contribution >= 4 is 50.7 Å². The first-order chi connectivity index (χ1) is 18.3. The van der Waals surface area contributed by atoms with Gasteiger partial charge >= 0.3 is 0 Å². The standard InChI is InChI=1S/C27H23ClN4O4S2/c1-17-7-9-18(10-8-17)15-32-22-6-4-3-5-20(22)26-24(38(32,34)35)14-29-27(31-26)37-16-25(33)30-21-13-19(28)11-12-23(21)36-2/h3-14H,15-16H2,1-2H3,(H,30,33). The molecule has 8 nitrogen and oxygen atoms in total. The second kappa shape index (κ2) is 10.6. The van der Waals surface area contributed by atoms with Gasteiger partial charge in [0.25, 0.3) is 10.0 Å². The number of hydrogen-bond acceptors (Lipinski definition) is 7. The molecule has 1 N–H and O–H groups in total. The van der Waals surface area contributed by atoms with E-state index in [1.165, 1.54) is 17.6 Å². The van der Waals surface area contributed by atoms with Crippen LogP contribution < -0.4 is 14.4 Å². The van der Waals surface area contributed by atoms with Crippen LogP contribution in [0.1, 0.15) is 11.1 Å². The number of halogens is 1. The van der Waals surface area contributed by atoms with Crippen molar-refractivity contribution in [2.24, 2.45) is 0 Å². The molecule has 0 radical (unpaired) electrons. The predicted octanol–water partition coefficient (Wildman–Crippen LogP) is 5.55. The number of carbonyl (C=O) groups excluding carboxylic acids is 1. The number of nitrogens with zero attached hydrogens (tertiary/aromatic N) is 3. The van der Waals surface area contributed by atoms with Crippen molar-refractivity contribution in [1.29, 1.82) is 0 Å². The van der Waals surface area contributed by atoms with Gasteiger partial charge in [0.2, 0.25) is 5.91 Å². The largest absolute Gasteiger partial charge is 0.495 e. The van der Waals surface area contributed by atoms with E-state index in [-0.39, 0.29) is 28.3 Å². The number of anilines is 2. The minimum atomic E-state index is -3.91. The molecule has 1 aromatic heterocycles. The number of methoxy groups -OCH3 is 1. The fourth-order valence-corrected chi connectivity index (χ4v) is 6.42. The summed E-state index contributed by atoms with van der Waals surface area (Å²) in [7, 11) is -2.41. The summed E-state index contributed by atoms with van der Waals surface area (Å²) < 4.78 is 34.0. The van der Waals surface area contributed by atoms with Gasteiger partial charge in [-0.25, -0.2) is 18.4 Å². The molecule has 0 fully saturated rings. The highest BCUT2D eigenvalue weighted by molar-refractivity contribution is 7.99. The van der Waals surface area contributed by atoms with E-state index in [9.17, 15) is 13.2 Å². The van der Waals surface area contributed by atoms with Crippen LogP contribution in [-0.4, -0.2) is 37.2 Å². The first kappa shape index (κ1) is 26.0. The zero-order valence-electron chi connectivity index (χ0n) is 20.5. The number of aryl methyl sites for hydroxylation is 1. The van der Waals surface area contributed by atoms with Crippen molar-refractivity contribution in [3.63, 3.8) is 0 Å². The van der Waals surface area contributed by atoms with Gasteiger partial charge in [-0.3, -0.25) is 9.10 Å². The van der Waals surface area contributed by atoms with E-state index >= 15 is 0 Å². The van der Waals surface area contributed by atoms with Gasteiger partial charge in [0.15, 0.2) is 5.16 Å². The van der Waals surface area contributed by atoms with Crippen molar-refractivity contribution in [3.05, 3.63) is 89.1 Å². The Balaban J connectivity index is 1.40. The molecule has 0 saturated heterocycles. The average molecular weight is 567 g/mol. The predicted molar refractivity (Wildman–Crippen MR) is 149 cm³/mol. The zero-order chi connectivity index (χ0) is 26.9. The summed E-state index contributed by atoms with van der Waals surface area (Å²) in [6, 6.07) is 19.9. The SMILES string of the molecule is COc1ccc(Cl)cc1NC(=O)CSc1ncc2c(n1)-c1ccccc1N(Cc1ccc(C)cc1)S2(=O)=O. The maximum absolute atomic E-state index is 13.7. The average Bonchev–Trinajstić information content (AvgIpc) is 2.91. The van der Waals surface area contributed by atoms with Crippen LogP contribution in [0.4, 0.5) is 11.4 Å². The number of hydrogen-bond donors (Lipinski definition) is 1. The highest BCUT2D eigenvalue weighted by Crippen LogP contribution is 2.42. The van der Waals surface area contributed by atoms with Gasteiger partial charge in [0.1, 0.15) is 10.6 Å². The Morgan fingerprint density at radius 2 is 1.87 bits per heavy atom. The van der Waals surface area contributed by atoms with Crippen LogP contribution in [0, 0.1) is 6.92 Å². The summed E-state index contributed by atoms with van der Waals surface area (Å²) in [6.45, 7) is 2.17. The smallest absolute Gasteiger partial charge is 0.268 e. The first-order valence-electron chi connectivity index (χ1n) is 11.6. The molecule has 11 heteroatoms. The Morgan fingerprint density at radius 1 is 1.11 bits per heavy atom. The molecule has 194 valence electrons. The monoisotopic (exact) mass is 566 g/mol. The van der Waals surface area contributed by atoms with Gasteiger partial charge in [0, 0.05) is 10.6 Å². The molecule has 5 rings (SSSR count). The van der Waals surface area contributed by atoms with Crippen LogP contribution in [0.2, 0.25) is 5.02 Å². The number of sulfonamides is 1. The zero-order valence-corrected chi connectivity index (χ0v) is 22.9. The number of ether oxygens (including phenoxy) is 1. The van der Waals surface area contributed by atoms with Crippen LogP contribution in [0.15, 0.2) is 83.0 Å². The van der Waals surface area contributed by atoms with Crippen molar-refractivity contribution in [2.75, 3.05) is 22.5 Å². The topological polar surface area (TPSA) is 101 Å². The molecular weight excluding hydrogens is 544 g/mol. The summed E-state index contributed by atoms with van der Waals surface area (Å²) in [4.78, 5) is 21.4. The minimum absolute atomic E-state index is 0.00238. The lowest BCUT2D eigenvalue weighted by Gasteiger charge is -2.31. The number of thioether (sulfide) groups is 1. The molecule has 4 aromatic rings. The van der Waals surface area contributed by atoms with Crippen LogP contribution in [0.25, 0.3) is 11.3 Å². The summed E-state index contributed by atoms with van der Waals surface area (Å²) in [5.74, 6) is 0.173. The van der Waals surface area contributed by atoms with Gasteiger partial charge < -0.3 is 10.1 Å². The molecule has 1 aliphatic heterocycles. The van der Waals surface area contributed by atoms with Crippen LogP contribution in [-0.2, 0) is 21.4 Å². The van der Waals surface area contributed by atoms with E-state index in [0.717, 1.165) is 22.9 Å². The third-order valence-electron chi connectivity index (χ3n) is 5.94. The van der Waals surface area contributed by atoms with Crippen LogP contribution in [0.5, 0.6) is 5.75 Å². The van der Waals surface area contributed by atoms with Gasteiger partial charge in [-0.2, -0.15) is 0 Å². The number of nitrogens with one attached hydrogen (secondary N) is 1. The van der Waals surface area contributed by atoms with E-state index < -0.39 is 10.0 Å². The van der Waals surface area contributed by atoms with E-state index in [1.54, 1.807) is 30.3 Å². The molecule has 38 heavy (non-hydrogen) atoms. The lowest BCUT2D eigenvalue weighted by Crippen LogP contribution is -2.34.